The summed E-state index contributed by atoms with van der Waals surface area (Å²) in [4.78, 5) is 14.2. The van der Waals surface area contributed by atoms with Gasteiger partial charge in [0.1, 0.15) is 5.82 Å². The van der Waals surface area contributed by atoms with Gasteiger partial charge in [0.25, 0.3) is 15.9 Å². The number of benzene rings is 2. The summed E-state index contributed by atoms with van der Waals surface area (Å²) in [5, 5.41) is 0. The van der Waals surface area contributed by atoms with E-state index in [1.54, 1.807) is 29.2 Å². The summed E-state index contributed by atoms with van der Waals surface area (Å²) in [6, 6.07) is 9.96. The molecule has 0 spiro atoms. The average Bonchev–Trinajstić information content (AvgIpc) is 2.64. The monoisotopic (exact) mass is 394 g/mol. The molecule has 1 saturated heterocycles. The molecular formula is C18H19FN2O3S2. The molecule has 26 heavy (non-hydrogen) atoms. The van der Waals surface area contributed by atoms with Crippen LogP contribution in [0.2, 0.25) is 0 Å². The molecule has 2 aromatic carbocycles. The molecule has 0 saturated carbocycles. The van der Waals surface area contributed by atoms with Crippen molar-refractivity contribution in [2.24, 2.45) is 0 Å². The van der Waals surface area contributed by atoms with Crippen molar-refractivity contribution in [1.82, 2.24) is 4.90 Å². The number of nitrogens with one attached hydrogen (secondary N) is 1. The van der Waals surface area contributed by atoms with Crippen LogP contribution in [-0.2, 0) is 10.0 Å². The molecule has 0 aliphatic carbocycles. The standard InChI is InChI=1S/C18H19FN2O3S2/c1-13-12-16(6-7-17(13)19)26(23,24)20-15-4-2-14(3-5-15)18(22)21-8-10-25-11-9-21/h2-7,12,20H,8-11H2,1H3. The maximum Gasteiger partial charge on any atom is 0.261 e. The topological polar surface area (TPSA) is 66.5 Å². The third-order valence-corrected chi connectivity index (χ3v) is 6.44. The molecule has 8 heteroatoms. The lowest BCUT2D eigenvalue weighted by atomic mass is 10.2. The molecule has 1 aliphatic rings. The largest absolute Gasteiger partial charge is 0.337 e. The third-order valence-electron chi connectivity index (χ3n) is 4.12. The van der Waals surface area contributed by atoms with Crippen molar-refractivity contribution in [1.29, 1.82) is 0 Å². The number of anilines is 1. The smallest absolute Gasteiger partial charge is 0.261 e. The number of hydrogen-bond donors (Lipinski definition) is 1. The van der Waals surface area contributed by atoms with E-state index in [9.17, 15) is 17.6 Å². The van der Waals surface area contributed by atoms with Gasteiger partial charge >= 0.3 is 0 Å². The molecule has 0 aromatic heterocycles. The molecule has 0 unspecified atom stereocenters. The number of amides is 1. The van der Waals surface area contributed by atoms with Gasteiger partial charge in [-0.1, -0.05) is 0 Å². The number of sulfonamides is 1. The summed E-state index contributed by atoms with van der Waals surface area (Å²) < 4.78 is 40.6. The van der Waals surface area contributed by atoms with Crippen LogP contribution in [0.4, 0.5) is 10.1 Å². The van der Waals surface area contributed by atoms with Crippen molar-refractivity contribution in [2.45, 2.75) is 11.8 Å². The SMILES string of the molecule is Cc1cc(S(=O)(=O)Nc2ccc(C(=O)N3CCSCC3)cc2)ccc1F. The average molecular weight is 394 g/mol. The molecule has 1 heterocycles. The Morgan fingerprint density at radius 3 is 2.38 bits per heavy atom. The van der Waals surface area contributed by atoms with Crippen molar-refractivity contribution < 1.29 is 17.6 Å². The minimum Gasteiger partial charge on any atom is -0.337 e. The maximum absolute atomic E-state index is 13.3. The molecule has 1 fully saturated rings. The molecular weight excluding hydrogens is 375 g/mol. The van der Waals surface area contributed by atoms with E-state index < -0.39 is 15.8 Å². The van der Waals surface area contributed by atoms with E-state index in [1.807, 2.05) is 11.8 Å². The van der Waals surface area contributed by atoms with E-state index in [0.717, 1.165) is 30.7 Å². The summed E-state index contributed by atoms with van der Waals surface area (Å²) in [7, 11) is -3.82. The molecule has 5 nitrogen and oxygen atoms in total. The Morgan fingerprint density at radius 1 is 1.12 bits per heavy atom. The van der Waals surface area contributed by atoms with E-state index in [-0.39, 0.29) is 16.4 Å². The maximum atomic E-state index is 13.3. The number of aryl methyl sites for hydroxylation is 1. The summed E-state index contributed by atoms with van der Waals surface area (Å²) >= 11 is 1.83. The first kappa shape index (κ1) is 18.7. The summed E-state index contributed by atoms with van der Waals surface area (Å²) in [5.74, 6) is 1.36. The zero-order valence-electron chi connectivity index (χ0n) is 14.2. The van der Waals surface area contributed by atoms with E-state index in [4.69, 9.17) is 0 Å². The van der Waals surface area contributed by atoms with E-state index in [0.29, 0.717) is 11.3 Å². The van der Waals surface area contributed by atoms with Crippen LogP contribution in [0.1, 0.15) is 15.9 Å². The van der Waals surface area contributed by atoms with Gasteiger partial charge in [-0.15, -0.1) is 0 Å². The number of nitrogens with zero attached hydrogens (tertiary/aromatic N) is 1. The van der Waals surface area contributed by atoms with Crippen LogP contribution in [-0.4, -0.2) is 43.8 Å². The third kappa shape index (κ3) is 4.19. The molecule has 0 radical (unpaired) electrons. The summed E-state index contributed by atoms with van der Waals surface area (Å²) in [5.41, 5.74) is 1.13. The highest BCUT2D eigenvalue weighted by Gasteiger charge is 2.19. The Kier molecular flexibility index (Phi) is 5.52. The van der Waals surface area contributed by atoms with Gasteiger partial charge in [-0.25, -0.2) is 12.8 Å². The first-order chi connectivity index (χ1) is 12.4. The normalized spacial score (nSPS) is 14.9. The zero-order valence-corrected chi connectivity index (χ0v) is 15.9. The molecule has 1 amide bonds. The molecule has 138 valence electrons. The Labute approximate surface area is 156 Å². The fraction of sp³-hybridized carbons (Fsp3) is 0.278. The number of hydrogen-bond acceptors (Lipinski definition) is 4. The van der Waals surface area contributed by atoms with Crippen LogP contribution >= 0.6 is 11.8 Å². The highest BCUT2D eigenvalue weighted by molar-refractivity contribution is 7.99. The van der Waals surface area contributed by atoms with Crippen LogP contribution in [0.25, 0.3) is 0 Å². The van der Waals surface area contributed by atoms with Crippen molar-refractivity contribution in [3.8, 4) is 0 Å². The van der Waals surface area contributed by atoms with Gasteiger partial charge in [0.15, 0.2) is 0 Å². The molecule has 0 atom stereocenters. The first-order valence-electron chi connectivity index (χ1n) is 8.13. The Balaban J connectivity index is 1.74. The lowest BCUT2D eigenvalue weighted by molar-refractivity contribution is 0.0772. The Hall–Kier alpha value is -2.06. The second kappa shape index (κ2) is 7.67. The fourth-order valence-corrected chi connectivity index (χ4v) is 4.67. The van der Waals surface area contributed by atoms with Gasteiger partial charge in [0, 0.05) is 35.8 Å². The highest BCUT2D eigenvalue weighted by atomic mass is 32.2. The van der Waals surface area contributed by atoms with Crippen LogP contribution in [0.3, 0.4) is 0 Å². The van der Waals surface area contributed by atoms with Crippen molar-refractivity contribution >= 4 is 33.4 Å². The number of carbonyl (C=O) groups excluding carboxylic acids is 1. The number of halogens is 1. The first-order valence-corrected chi connectivity index (χ1v) is 10.8. The van der Waals surface area contributed by atoms with Gasteiger partial charge in [0.2, 0.25) is 0 Å². The molecule has 2 aromatic rings. The molecule has 1 N–H and O–H groups in total. The van der Waals surface area contributed by atoms with Crippen LogP contribution in [0.5, 0.6) is 0 Å². The number of rotatable bonds is 4. The summed E-state index contributed by atoms with van der Waals surface area (Å²) in [6.45, 7) is 2.96. The lowest BCUT2D eigenvalue weighted by Crippen LogP contribution is -2.37. The van der Waals surface area contributed by atoms with Gasteiger partial charge in [-0.2, -0.15) is 11.8 Å². The summed E-state index contributed by atoms with van der Waals surface area (Å²) in [6.07, 6.45) is 0. The predicted octanol–water partition coefficient (Wildman–Crippen LogP) is 3.12. The predicted molar refractivity (Wildman–Crippen MR) is 102 cm³/mol. The van der Waals surface area contributed by atoms with Crippen molar-refractivity contribution in [3.63, 3.8) is 0 Å². The highest BCUT2D eigenvalue weighted by Crippen LogP contribution is 2.20. The van der Waals surface area contributed by atoms with E-state index >= 15 is 0 Å². The zero-order chi connectivity index (χ0) is 18.7. The van der Waals surface area contributed by atoms with Gasteiger partial charge in [-0.3, -0.25) is 9.52 Å². The van der Waals surface area contributed by atoms with Crippen molar-refractivity contribution in [3.05, 3.63) is 59.4 Å². The molecule has 1 aliphatic heterocycles. The van der Waals surface area contributed by atoms with Gasteiger partial charge < -0.3 is 4.90 Å². The van der Waals surface area contributed by atoms with Crippen LogP contribution < -0.4 is 4.72 Å². The van der Waals surface area contributed by atoms with Crippen molar-refractivity contribution in [2.75, 3.05) is 29.3 Å². The lowest BCUT2D eigenvalue weighted by Gasteiger charge is -2.26. The Bertz CT molecular complexity index is 909. The number of thioether (sulfide) groups is 1. The quantitative estimate of drug-likeness (QED) is 0.865. The van der Waals surface area contributed by atoms with E-state index in [1.165, 1.54) is 19.1 Å². The Morgan fingerprint density at radius 2 is 1.77 bits per heavy atom. The minimum atomic E-state index is -3.82. The van der Waals surface area contributed by atoms with Crippen LogP contribution in [0.15, 0.2) is 47.4 Å². The van der Waals surface area contributed by atoms with Gasteiger partial charge in [-0.05, 0) is 55.0 Å². The van der Waals surface area contributed by atoms with E-state index in [2.05, 4.69) is 4.72 Å². The molecule has 3 rings (SSSR count). The second-order valence-electron chi connectivity index (χ2n) is 6.00. The number of carbonyl (C=O) groups is 1. The second-order valence-corrected chi connectivity index (χ2v) is 8.91. The van der Waals surface area contributed by atoms with Crippen LogP contribution in [0, 0.1) is 12.7 Å². The fourth-order valence-electron chi connectivity index (χ4n) is 2.63. The van der Waals surface area contributed by atoms with Gasteiger partial charge in [0.05, 0.1) is 4.90 Å². The minimum absolute atomic E-state index is 0.0117. The molecule has 0 bridgehead atoms.